The number of alkyl halides is 3. The first-order chi connectivity index (χ1) is 12.0. The molecule has 2 N–H and O–H groups in total. The second-order valence-electron chi connectivity index (χ2n) is 6.10. The minimum atomic E-state index is -4.70. The van der Waals surface area contributed by atoms with Gasteiger partial charge in [0.1, 0.15) is 0 Å². The summed E-state index contributed by atoms with van der Waals surface area (Å²) < 4.78 is 63.9. The summed E-state index contributed by atoms with van der Waals surface area (Å²) in [7, 11) is -4.06. The van der Waals surface area contributed by atoms with Crippen molar-refractivity contribution in [1.29, 1.82) is 0 Å². The van der Waals surface area contributed by atoms with Gasteiger partial charge in [0, 0.05) is 11.6 Å². The normalized spacial score (nSPS) is 20.9. The van der Waals surface area contributed by atoms with Gasteiger partial charge in [-0.25, -0.2) is 13.6 Å². The summed E-state index contributed by atoms with van der Waals surface area (Å²) in [6.45, 7) is 1.60. The van der Waals surface area contributed by atoms with E-state index in [1.54, 1.807) is 25.1 Å². The topological polar surface area (TPSA) is 78.0 Å². The molecule has 1 radical (unpaired) electrons. The maximum Gasteiger partial charge on any atom is 0.504 e. The molecule has 0 spiro atoms. The first-order valence-corrected chi connectivity index (χ1v) is 9.11. The van der Waals surface area contributed by atoms with Crippen LogP contribution in [-0.2, 0) is 21.7 Å². The molecule has 0 bridgehead atoms. The number of aromatic nitrogens is 2. The summed E-state index contributed by atoms with van der Waals surface area (Å²) in [6, 6.07) is 7.24. The number of benzene rings is 1. The van der Waals surface area contributed by atoms with E-state index in [4.69, 9.17) is 5.14 Å². The lowest BCUT2D eigenvalue weighted by Gasteiger charge is -2.35. The van der Waals surface area contributed by atoms with Gasteiger partial charge in [-0.1, -0.05) is 30.4 Å². The van der Waals surface area contributed by atoms with Crippen molar-refractivity contribution in [2.24, 2.45) is 5.14 Å². The Hall–Kier alpha value is -2.39. The van der Waals surface area contributed by atoms with Crippen molar-refractivity contribution < 1.29 is 21.6 Å². The number of allylic oxidation sites excluding steroid dienone is 4. The molecule has 1 aliphatic rings. The van der Waals surface area contributed by atoms with Gasteiger partial charge in [-0.05, 0) is 42.7 Å². The molecule has 1 aromatic carbocycles. The van der Waals surface area contributed by atoms with Crippen LogP contribution in [0, 0.1) is 6.08 Å². The SMILES string of the molecule is CC1(c2ccnn2C(F)(F)F)C[C]=CC=C1c1ccccc1S(N)(=O)=O. The predicted molar refractivity (Wildman–Crippen MR) is 89.1 cm³/mol. The van der Waals surface area contributed by atoms with E-state index < -0.39 is 21.7 Å². The molecule has 0 aliphatic heterocycles. The molecule has 0 saturated carbocycles. The largest absolute Gasteiger partial charge is 0.504 e. The fourth-order valence-electron chi connectivity index (χ4n) is 3.16. The zero-order valence-electron chi connectivity index (χ0n) is 13.7. The summed E-state index contributed by atoms with van der Waals surface area (Å²) in [6.07, 6.45) is 2.52. The molecule has 26 heavy (non-hydrogen) atoms. The fraction of sp³-hybridized carbons (Fsp3) is 0.235. The van der Waals surface area contributed by atoms with E-state index in [-0.39, 0.29) is 27.3 Å². The minimum absolute atomic E-state index is 0.00655. The quantitative estimate of drug-likeness (QED) is 0.886. The molecule has 9 heteroatoms. The number of rotatable bonds is 3. The number of nitrogens with two attached hydrogens (primary N) is 1. The Morgan fingerprint density at radius 2 is 1.96 bits per heavy atom. The highest BCUT2D eigenvalue weighted by Crippen LogP contribution is 2.46. The van der Waals surface area contributed by atoms with Gasteiger partial charge in [0.25, 0.3) is 0 Å². The van der Waals surface area contributed by atoms with Crippen molar-refractivity contribution in [3.05, 3.63) is 66.0 Å². The highest BCUT2D eigenvalue weighted by atomic mass is 32.2. The molecule has 3 rings (SSSR count). The van der Waals surface area contributed by atoms with Crippen molar-refractivity contribution in [1.82, 2.24) is 9.78 Å². The summed E-state index contributed by atoms with van der Waals surface area (Å²) in [5.74, 6) is 0. The van der Waals surface area contributed by atoms with Crippen LogP contribution < -0.4 is 5.14 Å². The third kappa shape index (κ3) is 3.08. The van der Waals surface area contributed by atoms with Crippen LogP contribution in [0.4, 0.5) is 13.2 Å². The molecule has 5 nitrogen and oxygen atoms in total. The molecule has 137 valence electrons. The van der Waals surface area contributed by atoms with Crippen LogP contribution in [0.2, 0.25) is 0 Å². The lowest BCUT2D eigenvalue weighted by Crippen LogP contribution is -2.33. The Labute approximate surface area is 148 Å². The van der Waals surface area contributed by atoms with Crippen LogP contribution in [-0.4, -0.2) is 18.2 Å². The highest BCUT2D eigenvalue weighted by Gasteiger charge is 2.43. The molecule has 0 saturated heterocycles. The average molecular weight is 382 g/mol. The molecule has 0 amide bonds. The van der Waals surface area contributed by atoms with Gasteiger partial charge in [0.2, 0.25) is 10.0 Å². The predicted octanol–water partition coefficient (Wildman–Crippen LogP) is 3.11. The van der Waals surface area contributed by atoms with Crippen LogP contribution in [0.1, 0.15) is 24.6 Å². The van der Waals surface area contributed by atoms with Crippen LogP contribution in [0.5, 0.6) is 0 Å². The van der Waals surface area contributed by atoms with Crippen molar-refractivity contribution in [3.8, 4) is 0 Å². The molecule has 2 aromatic rings. The van der Waals surface area contributed by atoms with Gasteiger partial charge in [-0.3, -0.25) is 0 Å². The van der Waals surface area contributed by atoms with E-state index >= 15 is 0 Å². The zero-order chi connectivity index (χ0) is 19.2. The Morgan fingerprint density at radius 3 is 2.62 bits per heavy atom. The number of primary sulfonamides is 1. The van der Waals surface area contributed by atoms with Gasteiger partial charge in [0.15, 0.2) is 0 Å². The summed E-state index contributed by atoms with van der Waals surface area (Å²) in [5.41, 5.74) is -0.653. The molecule has 1 unspecified atom stereocenters. The smallest absolute Gasteiger partial charge is 0.225 e. The number of sulfonamides is 1. The van der Waals surface area contributed by atoms with E-state index in [1.165, 1.54) is 24.3 Å². The third-order valence-electron chi connectivity index (χ3n) is 4.35. The molecule has 1 atom stereocenters. The van der Waals surface area contributed by atoms with Crippen molar-refractivity contribution in [2.45, 2.75) is 30.0 Å². The number of hydrogen-bond acceptors (Lipinski definition) is 3. The summed E-state index contributed by atoms with van der Waals surface area (Å²) >= 11 is 0. The molecular formula is C17H15F3N3O2S. The zero-order valence-corrected chi connectivity index (χ0v) is 14.5. The van der Waals surface area contributed by atoms with E-state index in [0.717, 1.165) is 6.20 Å². The maximum atomic E-state index is 13.3. The van der Waals surface area contributed by atoms with Crippen molar-refractivity contribution >= 4 is 15.6 Å². The second-order valence-corrected chi connectivity index (χ2v) is 7.63. The molecule has 1 aromatic heterocycles. The van der Waals surface area contributed by atoms with Gasteiger partial charge in [-0.2, -0.15) is 9.78 Å². The lowest BCUT2D eigenvalue weighted by molar-refractivity contribution is -0.214. The molecule has 0 fully saturated rings. The maximum absolute atomic E-state index is 13.3. The van der Waals surface area contributed by atoms with E-state index in [0.29, 0.717) is 5.57 Å². The Kier molecular flexibility index (Phi) is 4.32. The number of halogens is 3. The Balaban J connectivity index is 2.25. The van der Waals surface area contributed by atoms with Gasteiger partial charge < -0.3 is 0 Å². The van der Waals surface area contributed by atoms with Crippen molar-refractivity contribution in [2.75, 3.05) is 0 Å². The Bertz CT molecular complexity index is 1010. The highest BCUT2D eigenvalue weighted by molar-refractivity contribution is 7.89. The van der Waals surface area contributed by atoms with Crippen LogP contribution in [0.25, 0.3) is 5.57 Å². The second kappa shape index (κ2) is 6.10. The summed E-state index contributed by atoms with van der Waals surface area (Å²) in [5, 5.41) is 8.68. The minimum Gasteiger partial charge on any atom is -0.225 e. The van der Waals surface area contributed by atoms with E-state index in [2.05, 4.69) is 11.2 Å². The number of nitrogens with zero attached hydrogens (tertiary/aromatic N) is 2. The average Bonchev–Trinajstić information content (AvgIpc) is 3.05. The lowest BCUT2D eigenvalue weighted by atomic mass is 9.71. The molecule has 1 aliphatic carbocycles. The molecular weight excluding hydrogens is 367 g/mol. The van der Waals surface area contributed by atoms with Gasteiger partial charge >= 0.3 is 6.30 Å². The van der Waals surface area contributed by atoms with Crippen LogP contribution in [0.15, 0.2) is 53.6 Å². The first kappa shape index (κ1) is 18.4. The van der Waals surface area contributed by atoms with E-state index in [9.17, 15) is 21.6 Å². The van der Waals surface area contributed by atoms with E-state index in [1.807, 2.05) is 0 Å². The third-order valence-corrected chi connectivity index (χ3v) is 5.32. The van der Waals surface area contributed by atoms with Gasteiger partial charge in [0.05, 0.1) is 10.6 Å². The van der Waals surface area contributed by atoms with Crippen molar-refractivity contribution in [3.63, 3.8) is 0 Å². The van der Waals surface area contributed by atoms with Gasteiger partial charge in [-0.15, -0.1) is 13.2 Å². The molecule has 1 heterocycles. The number of hydrogen-bond donors (Lipinski definition) is 1. The Morgan fingerprint density at radius 1 is 1.27 bits per heavy atom. The fourth-order valence-corrected chi connectivity index (χ4v) is 3.91. The first-order valence-electron chi connectivity index (χ1n) is 7.56. The summed E-state index contributed by atoms with van der Waals surface area (Å²) in [4.78, 5) is -0.147. The standard InChI is InChI=1S/C17H15F3N3O2S/c1-16(15-9-11-22-23(15)17(18,19)20)10-5-4-7-13(16)12-6-2-3-8-14(12)26(21,24)25/h2-4,6-9,11H,10H2,1H3,(H2,21,24,25). The van der Waals surface area contributed by atoms with Crippen LogP contribution >= 0.6 is 0 Å². The van der Waals surface area contributed by atoms with Crippen LogP contribution in [0.3, 0.4) is 0 Å². The monoisotopic (exact) mass is 382 g/mol.